The van der Waals surface area contributed by atoms with Gasteiger partial charge in [0.25, 0.3) is 0 Å². The van der Waals surface area contributed by atoms with Gasteiger partial charge >= 0.3 is 11.9 Å². The predicted octanol–water partition coefficient (Wildman–Crippen LogP) is 1.47. The molecular formula is C15H19NO5. The Morgan fingerprint density at radius 1 is 1.33 bits per heavy atom. The van der Waals surface area contributed by atoms with Crippen LogP contribution in [0.3, 0.4) is 0 Å². The molecule has 0 aliphatic carbocycles. The minimum atomic E-state index is -1.11. The summed E-state index contributed by atoms with van der Waals surface area (Å²) in [5, 5.41) is 12.1. The lowest BCUT2D eigenvalue weighted by atomic mass is 10.0. The lowest BCUT2D eigenvalue weighted by molar-refractivity contribution is -0.163. The van der Waals surface area contributed by atoms with Gasteiger partial charge in [-0.15, -0.1) is 0 Å². The van der Waals surface area contributed by atoms with E-state index in [4.69, 9.17) is 9.47 Å². The van der Waals surface area contributed by atoms with Gasteiger partial charge in [-0.05, 0) is 12.0 Å². The maximum absolute atomic E-state index is 11.9. The largest absolute Gasteiger partial charge is 0.479 e. The SMILES string of the molecule is CCCCOC(=O)C1NC(c2ccccc2)C(C(=O)O)O1. The van der Waals surface area contributed by atoms with Crippen LogP contribution in [0.5, 0.6) is 0 Å². The smallest absolute Gasteiger partial charge is 0.350 e. The minimum Gasteiger partial charge on any atom is -0.479 e. The first-order valence-corrected chi connectivity index (χ1v) is 6.99. The fourth-order valence-corrected chi connectivity index (χ4v) is 2.16. The quantitative estimate of drug-likeness (QED) is 0.610. The summed E-state index contributed by atoms with van der Waals surface area (Å²) in [7, 11) is 0. The standard InChI is InChI=1S/C15H19NO5/c1-2-3-9-20-15(19)13-16-11(12(21-13)14(17)18)10-7-5-4-6-8-10/h4-8,11-13,16H,2-3,9H2,1H3,(H,17,18). The molecule has 6 heteroatoms. The molecule has 0 saturated carbocycles. The Balaban J connectivity index is 2.05. The van der Waals surface area contributed by atoms with Crippen molar-refractivity contribution in [1.29, 1.82) is 0 Å². The van der Waals surface area contributed by atoms with Crippen LogP contribution in [0.1, 0.15) is 31.4 Å². The molecule has 1 heterocycles. The van der Waals surface area contributed by atoms with Crippen LogP contribution in [0.2, 0.25) is 0 Å². The van der Waals surface area contributed by atoms with Crippen LogP contribution < -0.4 is 5.32 Å². The number of carboxylic acids is 1. The molecule has 21 heavy (non-hydrogen) atoms. The highest BCUT2D eigenvalue weighted by Gasteiger charge is 2.43. The van der Waals surface area contributed by atoms with Gasteiger partial charge in [0.1, 0.15) is 0 Å². The van der Waals surface area contributed by atoms with E-state index in [1.165, 1.54) is 0 Å². The lowest BCUT2D eigenvalue weighted by Crippen LogP contribution is -2.35. The Kier molecular flexibility index (Phi) is 5.30. The Bertz CT molecular complexity index is 490. The summed E-state index contributed by atoms with van der Waals surface area (Å²) in [6, 6.07) is 8.47. The third-order valence-electron chi connectivity index (χ3n) is 3.27. The highest BCUT2D eigenvalue weighted by atomic mass is 16.6. The number of esters is 1. The van der Waals surface area contributed by atoms with Crippen LogP contribution in [-0.2, 0) is 19.1 Å². The van der Waals surface area contributed by atoms with Crippen molar-refractivity contribution in [2.24, 2.45) is 0 Å². The van der Waals surface area contributed by atoms with Gasteiger partial charge in [0, 0.05) is 0 Å². The van der Waals surface area contributed by atoms with Gasteiger partial charge in [0.15, 0.2) is 6.10 Å². The first-order valence-electron chi connectivity index (χ1n) is 6.99. The van der Waals surface area contributed by atoms with Crippen LogP contribution in [0.4, 0.5) is 0 Å². The highest BCUT2D eigenvalue weighted by molar-refractivity contribution is 5.79. The van der Waals surface area contributed by atoms with Crippen molar-refractivity contribution in [3.05, 3.63) is 35.9 Å². The molecule has 0 bridgehead atoms. The first kappa shape index (κ1) is 15.5. The molecule has 1 saturated heterocycles. The van der Waals surface area contributed by atoms with Crippen molar-refractivity contribution in [3.63, 3.8) is 0 Å². The first-order chi connectivity index (χ1) is 10.1. The number of ether oxygens (including phenoxy) is 2. The van der Waals surface area contributed by atoms with E-state index in [2.05, 4.69) is 5.32 Å². The van der Waals surface area contributed by atoms with Gasteiger partial charge in [-0.25, -0.2) is 9.59 Å². The molecule has 1 aromatic carbocycles. The number of carbonyl (C=O) groups excluding carboxylic acids is 1. The van der Waals surface area contributed by atoms with E-state index in [1.54, 1.807) is 12.1 Å². The van der Waals surface area contributed by atoms with Crippen molar-refractivity contribution in [2.45, 2.75) is 38.1 Å². The highest BCUT2D eigenvalue weighted by Crippen LogP contribution is 2.27. The number of rotatable bonds is 6. The molecule has 1 aromatic rings. The molecule has 0 radical (unpaired) electrons. The number of benzene rings is 1. The monoisotopic (exact) mass is 293 g/mol. The summed E-state index contributed by atoms with van der Waals surface area (Å²) in [5.74, 6) is -1.69. The molecule has 3 unspecified atom stereocenters. The molecule has 0 aromatic heterocycles. The maximum atomic E-state index is 11.9. The summed E-state index contributed by atoms with van der Waals surface area (Å²) in [4.78, 5) is 23.2. The Morgan fingerprint density at radius 3 is 2.67 bits per heavy atom. The molecule has 1 aliphatic heterocycles. The fourth-order valence-electron chi connectivity index (χ4n) is 2.16. The Morgan fingerprint density at radius 2 is 2.05 bits per heavy atom. The van der Waals surface area contributed by atoms with E-state index in [-0.39, 0.29) is 0 Å². The summed E-state index contributed by atoms with van der Waals surface area (Å²) < 4.78 is 10.4. The second-order valence-electron chi connectivity index (χ2n) is 4.85. The van der Waals surface area contributed by atoms with E-state index < -0.39 is 30.3 Å². The normalized spacial score (nSPS) is 24.7. The molecule has 3 atom stereocenters. The van der Waals surface area contributed by atoms with Crippen LogP contribution in [-0.4, -0.2) is 36.0 Å². The van der Waals surface area contributed by atoms with Crippen molar-refractivity contribution in [1.82, 2.24) is 5.32 Å². The van der Waals surface area contributed by atoms with Gasteiger partial charge in [-0.1, -0.05) is 43.7 Å². The van der Waals surface area contributed by atoms with Gasteiger partial charge in [-0.2, -0.15) is 0 Å². The zero-order valence-corrected chi connectivity index (χ0v) is 11.8. The topological polar surface area (TPSA) is 84.9 Å². The van der Waals surface area contributed by atoms with Gasteiger partial charge in [0.2, 0.25) is 6.23 Å². The number of unbranched alkanes of at least 4 members (excludes halogenated alkanes) is 1. The van der Waals surface area contributed by atoms with E-state index in [1.807, 2.05) is 25.1 Å². The Labute approximate surface area is 123 Å². The Hall–Kier alpha value is -1.92. The van der Waals surface area contributed by atoms with Crippen molar-refractivity contribution >= 4 is 11.9 Å². The number of carbonyl (C=O) groups is 2. The lowest BCUT2D eigenvalue weighted by Gasteiger charge is -2.14. The average molecular weight is 293 g/mol. The van der Waals surface area contributed by atoms with Crippen LogP contribution >= 0.6 is 0 Å². The third kappa shape index (κ3) is 3.80. The number of nitrogens with one attached hydrogen (secondary N) is 1. The third-order valence-corrected chi connectivity index (χ3v) is 3.27. The van der Waals surface area contributed by atoms with Crippen molar-refractivity contribution in [2.75, 3.05) is 6.61 Å². The molecule has 0 spiro atoms. The van der Waals surface area contributed by atoms with Gasteiger partial charge < -0.3 is 14.6 Å². The number of aliphatic carboxylic acids is 1. The molecule has 2 N–H and O–H groups in total. The molecule has 1 fully saturated rings. The van der Waals surface area contributed by atoms with Crippen LogP contribution in [0.15, 0.2) is 30.3 Å². The fraction of sp³-hybridized carbons (Fsp3) is 0.467. The summed E-state index contributed by atoms with van der Waals surface area (Å²) >= 11 is 0. The van der Waals surface area contributed by atoms with E-state index in [0.717, 1.165) is 18.4 Å². The maximum Gasteiger partial charge on any atom is 0.350 e. The number of hydrogen-bond acceptors (Lipinski definition) is 5. The predicted molar refractivity (Wildman–Crippen MR) is 74.5 cm³/mol. The van der Waals surface area contributed by atoms with E-state index in [0.29, 0.717) is 6.61 Å². The zero-order valence-electron chi connectivity index (χ0n) is 11.8. The second kappa shape index (κ2) is 7.19. The van der Waals surface area contributed by atoms with E-state index in [9.17, 15) is 14.7 Å². The molecule has 1 aliphatic rings. The average Bonchev–Trinajstić information content (AvgIpc) is 2.94. The summed E-state index contributed by atoms with van der Waals surface area (Å²) in [6.07, 6.45) is -0.483. The summed E-state index contributed by atoms with van der Waals surface area (Å²) in [6.45, 7) is 2.30. The van der Waals surface area contributed by atoms with Gasteiger partial charge in [0.05, 0.1) is 12.6 Å². The number of carboxylic acid groups (broad SMARTS) is 1. The summed E-state index contributed by atoms with van der Waals surface area (Å²) in [5.41, 5.74) is 0.758. The van der Waals surface area contributed by atoms with Crippen LogP contribution in [0.25, 0.3) is 0 Å². The second-order valence-corrected chi connectivity index (χ2v) is 4.85. The van der Waals surface area contributed by atoms with Crippen molar-refractivity contribution < 1.29 is 24.2 Å². The van der Waals surface area contributed by atoms with E-state index >= 15 is 0 Å². The minimum absolute atomic E-state index is 0.310. The molecule has 0 amide bonds. The van der Waals surface area contributed by atoms with Crippen molar-refractivity contribution in [3.8, 4) is 0 Å². The molecule has 114 valence electrons. The molecular weight excluding hydrogens is 274 g/mol. The van der Waals surface area contributed by atoms with Crippen LogP contribution in [0, 0.1) is 0 Å². The molecule has 2 rings (SSSR count). The number of hydrogen-bond donors (Lipinski definition) is 2. The molecule has 6 nitrogen and oxygen atoms in total. The zero-order chi connectivity index (χ0) is 15.2. The van der Waals surface area contributed by atoms with Gasteiger partial charge in [-0.3, -0.25) is 5.32 Å².